The van der Waals surface area contributed by atoms with E-state index in [4.69, 9.17) is 21.6 Å². The highest BCUT2D eigenvalue weighted by molar-refractivity contribution is 6.31. The van der Waals surface area contributed by atoms with E-state index in [9.17, 15) is 5.11 Å². The first kappa shape index (κ1) is 19.0. The van der Waals surface area contributed by atoms with Gasteiger partial charge in [0.25, 0.3) is 0 Å². The Morgan fingerprint density at radius 2 is 2.07 bits per heavy atom. The second kappa shape index (κ2) is 6.63. The van der Waals surface area contributed by atoms with Gasteiger partial charge in [0.15, 0.2) is 17.0 Å². The number of rotatable bonds is 3. The van der Waals surface area contributed by atoms with E-state index >= 15 is 0 Å². The van der Waals surface area contributed by atoms with Crippen molar-refractivity contribution in [2.24, 2.45) is 0 Å². The lowest BCUT2D eigenvalue weighted by Gasteiger charge is -2.23. The van der Waals surface area contributed by atoms with E-state index in [1.807, 2.05) is 6.92 Å². The molecule has 8 nitrogen and oxygen atoms in total. The van der Waals surface area contributed by atoms with Crippen LogP contribution in [-0.4, -0.2) is 53.7 Å². The summed E-state index contributed by atoms with van der Waals surface area (Å²) in [7, 11) is 0. The van der Waals surface area contributed by atoms with Crippen LogP contribution in [0.25, 0.3) is 11.2 Å². The predicted octanol–water partition coefficient (Wildman–Crippen LogP) is 2.58. The van der Waals surface area contributed by atoms with E-state index in [0.717, 1.165) is 0 Å². The monoisotopic (exact) mass is 401 g/mol. The number of fused-ring (bicyclic) bond motifs is 1. The lowest BCUT2D eigenvalue weighted by molar-refractivity contribution is 0.0839. The average molecular weight is 402 g/mol. The number of aliphatic hydroxyl groups is 1. The van der Waals surface area contributed by atoms with Gasteiger partial charge in [0.2, 0.25) is 0 Å². The standard InChI is InChI=1S/C19H24ClN7O/c1-18(2,3)17-22-15(26-9-7-19(4,28)11-26)14-16(23-17)27(25-24-14)10-13-12(20)6-5-8-21-13/h5-6,8,28H,7,9-11H2,1-4H3/t19-/m0/s1. The lowest BCUT2D eigenvalue weighted by atomic mass is 9.96. The minimum absolute atomic E-state index is 0.247. The molecular weight excluding hydrogens is 378 g/mol. The van der Waals surface area contributed by atoms with Crippen molar-refractivity contribution < 1.29 is 5.11 Å². The fraction of sp³-hybridized carbons (Fsp3) is 0.526. The van der Waals surface area contributed by atoms with Gasteiger partial charge in [-0.1, -0.05) is 37.6 Å². The van der Waals surface area contributed by atoms with Crippen LogP contribution in [-0.2, 0) is 12.0 Å². The van der Waals surface area contributed by atoms with Gasteiger partial charge in [-0.15, -0.1) is 5.10 Å². The van der Waals surface area contributed by atoms with Crippen LogP contribution in [0.3, 0.4) is 0 Å². The molecule has 3 aromatic rings. The molecule has 28 heavy (non-hydrogen) atoms. The Bertz CT molecular complexity index is 1020. The van der Waals surface area contributed by atoms with Crippen LogP contribution in [0.2, 0.25) is 5.02 Å². The largest absolute Gasteiger partial charge is 0.388 e. The van der Waals surface area contributed by atoms with Crippen LogP contribution >= 0.6 is 11.6 Å². The third kappa shape index (κ3) is 3.54. The zero-order chi connectivity index (χ0) is 20.1. The molecule has 1 fully saturated rings. The molecular formula is C19H24ClN7O. The summed E-state index contributed by atoms with van der Waals surface area (Å²) < 4.78 is 1.71. The summed E-state index contributed by atoms with van der Waals surface area (Å²) in [5.41, 5.74) is 0.984. The maximum absolute atomic E-state index is 10.4. The Hall–Kier alpha value is -2.32. The molecule has 1 saturated heterocycles. The Morgan fingerprint density at radius 3 is 2.71 bits per heavy atom. The molecule has 0 aliphatic carbocycles. The molecule has 0 amide bonds. The Morgan fingerprint density at radius 1 is 1.29 bits per heavy atom. The number of pyridine rings is 1. The quantitative estimate of drug-likeness (QED) is 0.720. The first-order valence-electron chi connectivity index (χ1n) is 9.32. The Balaban J connectivity index is 1.84. The van der Waals surface area contributed by atoms with Crippen LogP contribution in [0.15, 0.2) is 18.3 Å². The minimum Gasteiger partial charge on any atom is -0.388 e. The van der Waals surface area contributed by atoms with Crippen molar-refractivity contribution in [1.82, 2.24) is 29.9 Å². The first-order chi connectivity index (χ1) is 13.1. The zero-order valence-corrected chi connectivity index (χ0v) is 17.3. The van der Waals surface area contributed by atoms with Gasteiger partial charge in [0.1, 0.15) is 5.82 Å². The van der Waals surface area contributed by atoms with Crippen molar-refractivity contribution in [2.75, 3.05) is 18.0 Å². The molecule has 1 aliphatic heterocycles. The van der Waals surface area contributed by atoms with Gasteiger partial charge in [-0.2, -0.15) is 0 Å². The van der Waals surface area contributed by atoms with E-state index in [2.05, 4.69) is 41.0 Å². The molecule has 0 spiro atoms. The van der Waals surface area contributed by atoms with E-state index in [1.165, 1.54) is 0 Å². The molecule has 0 radical (unpaired) electrons. The molecule has 4 heterocycles. The predicted molar refractivity (Wildman–Crippen MR) is 108 cm³/mol. The molecule has 148 valence electrons. The van der Waals surface area contributed by atoms with Gasteiger partial charge in [-0.25, -0.2) is 14.6 Å². The number of halogens is 1. The molecule has 0 bridgehead atoms. The van der Waals surface area contributed by atoms with Crippen LogP contribution in [0, 0.1) is 0 Å². The smallest absolute Gasteiger partial charge is 0.184 e. The van der Waals surface area contributed by atoms with E-state index in [-0.39, 0.29) is 5.41 Å². The topological polar surface area (TPSA) is 92.8 Å². The van der Waals surface area contributed by atoms with E-state index in [1.54, 1.807) is 23.0 Å². The third-order valence-electron chi connectivity index (χ3n) is 4.90. The van der Waals surface area contributed by atoms with Gasteiger partial charge in [-0.3, -0.25) is 4.98 Å². The maximum atomic E-state index is 10.4. The SMILES string of the molecule is CC(C)(C)c1nc(N2CC[C@](C)(O)C2)c2nnn(Cc3ncccc3Cl)c2n1. The molecule has 0 saturated carbocycles. The molecule has 3 aromatic heterocycles. The lowest BCUT2D eigenvalue weighted by Crippen LogP contribution is -2.31. The fourth-order valence-corrected chi connectivity index (χ4v) is 3.49. The molecule has 0 unspecified atom stereocenters. The molecule has 1 aliphatic rings. The third-order valence-corrected chi connectivity index (χ3v) is 5.24. The number of hydrogen-bond acceptors (Lipinski definition) is 7. The fourth-order valence-electron chi connectivity index (χ4n) is 3.31. The van der Waals surface area contributed by atoms with Crippen LogP contribution in [0.1, 0.15) is 45.6 Å². The van der Waals surface area contributed by atoms with Crippen molar-refractivity contribution in [2.45, 2.75) is 51.7 Å². The average Bonchev–Trinajstić information content (AvgIpc) is 3.18. The number of anilines is 1. The van der Waals surface area contributed by atoms with Gasteiger partial charge < -0.3 is 10.0 Å². The highest BCUT2D eigenvalue weighted by Crippen LogP contribution is 2.32. The number of β-amino-alcohol motifs (C(OH)–C–C–N with tert-alkyl or cyclic N) is 1. The normalized spacial score (nSPS) is 20.3. The Kier molecular flexibility index (Phi) is 4.50. The van der Waals surface area contributed by atoms with E-state index < -0.39 is 5.60 Å². The minimum atomic E-state index is -0.739. The molecule has 9 heteroatoms. The van der Waals surface area contributed by atoms with E-state index in [0.29, 0.717) is 59.6 Å². The Labute approximate surface area is 168 Å². The highest BCUT2D eigenvalue weighted by atomic mass is 35.5. The summed E-state index contributed by atoms with van der Waals surface area (Å²) in [6.45, 7) is 9.64. The van der Waals surface area contributed by atoms with Crippen LogP contribution < -0.4 is 4.90 Å². The highest BCUT2D eigenvalue weighted by Gasteiger charge is 2.34. The van der Waals surface area contributed by atoms with Crippen LogP contribution in [0.4, 0.5) is 5.82 Å². The summed E-state index contributed by atoms with van der Waals surface area (Å²) in [5, 5.41) is 19.6. The van der Waals surface area contributed by atoms with Gasteiger partial charge in [0.05, 0.1) is 22.9 Å². The molecule has 0 aromatic carbocycles. The number of hydrogen-bond donors (Lipinski definition) is 1. The van der Waals surface area contributed by atoms with Crippen molar-refractivity contribution in [3.05, 3.63) is 34.9 Å². The zero-order valence-electron chi connectivity index (χ0n) is 16.5. The van der Waals surface area contributed by atoms with Gasteiger partial charge in [0, 0.05) is 24.7 Å². The summed E-state index contributed by atoms with van der Waals surface area (Å²) in [6, 6.07) is 3.60. The second-order valence-corrected chi connectivity index (χ2v) is 9.05. The summed E-state index contributed by atoms with van der Waals surface area (Å²) in [6.07, 6.45) is 2.38. The summed E-state index contributed by atoms with van der Waals surface area (Å²) in [5.74, 6) is 1.42. The molecule has 1 atom stereocenters. The number of aromatic nitrogens is 6. The first-order valence-corrected chi connectivity index (χ1v) is 9.70. The van der Waals surface area contributed by atoms with Gasteiger partial charge in [-0.05, 0) is 25.5 Å². The van der Waals surface area contributed by atoms with Crippen molar-refractivity contribution in [1.29, 1.82) is 0 Å². The van der Waals surface area contributed by atoms with Crippen LogP contribution in [0.5, 0.6) is 0 Å². The molecule has 4 rings (SSSR count). The van der Waals surface area contributed by atoms with Crippen molar-refractivity contribution in [3.8, 4) is 0 Å². The second-order valence-electron chi connectivity index (χ2n) is 8.64. The maximum Gasteiger partial charge on any atom is 0.184 e. The summed E-state index contributed by atoms with van der Waals surface area (Å²) >= 11 is 6.27. The summed E-state index contributed by atoms with van der Waals surface area (Å²) in [4.78, 5) is 16.0. The van der Waals surface area contributed by atoms with Crippen molar-refractivity contribution in [3.63, 3.8) is 0 Å². The molecule has 1 N–H and O–H groups in total. The van der Waals surface area contributed by atoms with Crippen molar-refractivity contribution >= 4 is 28.6 Å². The van der Waals surface area contributed by atoms with Gasteiger partial charge >= 0.3 is 0 Å². The number of nitrogens with zero attached hydrogens (tertiary/aromatic N) is 7.